The molecule has 0 spiro atoms. The largest absolute Gasteiger partial charge is 0.376 e. The molecule has 0 aliphatic carbocycles. The number of rotatable bonds is 9. The normalized spacial score (nSPS) is 11.6. The van der Waals surface area contributed by atoms with Gasteiger partial charge in [-0.3, -0.25) is 4.79 Å². The number of para-hydroxylation sites is 1. The molecular formula is C22H33N3O. The molecule has 1 rings (SSSR count). The zero-order valence-corrected chi connectivity index (χ0v) is 17.1. The number of carbonyl (C=O) groups is 1. The number of aryl methyl sites for hydroxylation is 2. The summed E-state index contributed by atoms with van der Waals surface area (Å²) in [6.07, 6.45) is 3.39. The van der Waals surface area contributed by atoms with Gasteiger partial charge in [0.1, 0.15) is 11.6 Å². The van der Waals surface area contributed by atoms with E-state index >= 15 is 0 Å². The summed E-state index contributed by atoms with van der Waals surface area (Å²) < 4.78 is 0. The number of benzene rings is 1. The van der Waals surface area contributed by atoms with Gasteiger partial charge in [-0.25, -0.2) is 0 Å². The number of nitrogens with one attached hydrogen (secondary N) is 1. The maximum atomic E-state index is 12.8. The molecule has 0 aliphatic rings. The summed E-state index contributed by atoms with van der Waals surface area (Å²) in [7, 11) is 0. The third-order valence-electron chi connectivity index (χ3n) is 4.11. The highest BCUT2D eigenvalue weighted by molar-refractivity contribution is 6.07. The van der Waals surface area contributed by atoms with Crippen LogP contribution < -0.4 is 5.32 Å². The summed E-state index contributed by atoms with van der Waals surface area (Å²) in [6, 6.07) is 8.14. The first-order valence-corrected chi connectivity index (χ1v) is 9.60. The van der Waals surface area contributed by atoms with E-state index in [-0.39, 0.29) is 11.5 Å². The van der Waals surface area contributed by atoms with Crippen molar-refractivity contribution >= 4 is 11.6 Å². The summed E-state index contributed by atoms with van der Waals surface area (Å²) in [6.45, 7) is 14.3. The van der Waals surface area contributed by atoms with Crippen LogP contribution in [0.4, 0.5) is 5.69 Å². The van der Waals surface area contributed by atoms with Crippen LogP contribution in [0, 0.1) is 23.2 Å². The van der Waals surface area contributed by atoms with E-state index in [0.717, 1.165) is 42.7 Å². The van der Waals surface area contributed by atoms with Crippen molar-refractivity contribution in [3.05, 3.63) is 41.1 Å². The minimum absolute atomic E-state index is 0.152. The number of amides is 1. The van der Waals surface area contributed by atoms with E-state index in [1.165, 1.54) is 0 Å². The van der Waals surface area contributed by atoms with Crippen molar-refractivity contribution in [1.82, 2.24) is 4.90 Å². The third kappa shape index (κ3) is 6.55. The molecule has 0 atom stereocenters. The van der Waals surface area contributed by atoms with Crippen molar-refractivity contribution in [2.45, 2.75) is 54.4 Å². The van der Waals surface area contributed by atoms with Crippen LogP contribution in [-0.4, -0.2) is 23.9 Å². The molecular weight excluding hydrogens is 322 g/mol. The van der Waals surface area contributed by atoms with Crippen LogP contribution in [0.5, 0.6) is 0 Å². The van der Waals surface area contributed by atoms with E-state index in [4.69, 9.17) is 0 Å². The Labute approximate surface area is 158 Å². The standard InChI is InChI=1S/C22H33N3O/c1-7-18-10-9-11-19(8-2)21(18)24-22(26)20(12-23)15-25(13-16(3)4)14-17(5)6/h9-11,15-17H,7-8,13-14H2,1-6H3,(H,24,26)/b20-15-. The summed E-state index contributed by atoms with van der Waals surface area (Å²) in [5.74, 6) is 0.585. The van der Waals surface area contributed by atoms with Gasteiger partial charge >= 0.3 is 0 Å². The SMILES string of the molecule is CCc1cccc(CC)c1NC(=O)/C(C#N)=C\N(CC(C)C)CC(C)C. The van der Waals surface area contributed by atoms with Crippen molar-refractivity contribution in [3.8, 4) is 6.07 Å². The van der Waals surface area contributed by atoms with E-state index in [2.05, 4.69) is 57.8 Å². The van der Waals surface area contributed by atoms with Crippen LogP contribution in [-0.2, 0) is 17.6 Å². The quantitative estimate of drug-likeness (QED) is 0.513. The second kappa shape index (κ2) is 10.7. The molecule has 1 aromatic rings. The molecule has 0 unspecified atom stereocenters. The second-order valence-corrected chi connectivity index (χ2v) is 7.51. The zero-order chi connectivity index (χ0) is 19.7. The molecule has 0 aliphatic heterocycles. The topological polar surface area (TPSA) is 56.1 Å². The molecule has 1 amide bonds. The smallest absolute Gasteiger partial charge is 0.267 e. The van der Waals surface area contributed by atoms with E-state index in [1.54, 1.807) is 6.20 Å². The van der Waals surface area contributed by atoms with Crippen LogP contribution in [0.2, 0.25) is 0 Å². The predicted molar refractivity (Wildman–Crippen MR) is 109 cm³/mol. The van der Waals surface area contributed by atoms with Crippen molar-refractivity contribution in [1.29, 1.82) is 5.26 Å². The Morgan fingerprint density at radius 3 is 2.00 bits per heavy atom. The molecule has 0 fully saturated rings. The number of hydrogen-bond acceptors (Lipinski definition) is 3. The molecule has 0 radical (unpaired) electrons. The van der Waals surface area contributed by atoms with Gasteiger partial charge in [0, 0.05) is 25.0 Å². The molecule has 4 heteroatoms. The average molecular weight is 356 g/mol. The average Bonchev–Trinajstić information content (AvgIpc) is 2.58. The molecule has 0 bridgehead atoms. The van der Waals surface area contributed by atoms with Gasteiger partial charge in [-0.2, -0.15) is 5.26 Å². The Bertz CT molecular complexity index is 636. The molecule has 0 saturated heterocycles. The van der Waals surface area contributed by atoms with Crippen molar-refractivity contribution in [2.75, 3.05) is 18.4 Å². The van der Waals surface area contributed by atoms with Gasteiger partial charge in [0.05, 0.1) is 0 Å². The molecule has 4 nitrogen and oxygen atoms in total. The lowest BCUT2D eigenvalue weighted by molar-refractivity contribution is -0.112. The molecule has 0 heterocycles. The Hall–Kier alpha value is -2.28. The molecule has 0 saturated carbocycles. The summed E-state index contributed by atoms with van der Waals surface area (Å²) in [4.78, 5) is 14.8. The lowest BCUT2D eigenvalue weighted by Crippen LogP contribution is -2.28. The van der Waals surface area contributed by atoms with E-state index in [0.29, 0.717) is 11.8 Å². The maximum Gasteiger partial charge on any atom is 0.267 e. The van der Waals surface area contributed by atoms with E-state index in [1.807, 2.05) is 18.2 Å². The lowest BCUT2D eigenvalue weighted by atomic mass is 10.0. The second-order valence-electron chi connectivity index (χ2n) is 7.51. The highest BCUT2D eigenvalue weighted by Crippen LogP contribution is 2.23. The van der Waals surface area contributed by atoms with E-state index in [9.17, 15) is 10.1 Å². The van der Waals surface area contributed by atoms with Gasteiger partial charge in [-0.1, -0.05) is 59.7 Å². The lowest BCUT2D eigenvalue weighted by Gasteiger charge is -2.25. The van der Waals surface area contributed by atoms with Crippen LogP contribution in [0.1, 0.15) is 52.7 Å². The Kier molecular flexibility index (Phi) is 8.92. The minimum Gasteiger partial charge on any atom is -0.376 e. The van der Waals surface area contributed by atoms with Gasteiger partial charge in [-0.05, 0) is 35.8 Å². The van der Waals surface area contributed by atoms with Crippen molar-refractivity contribution in [3.63, 3.8) is 0 Å². The fourth-order valence-electron chi connectivity index (χ4n) is 3.02. The first-order chi connectivity index (χ1) is 12.3. The van der Waals surface area contributed by atoms with Crippen molar-refractivity contribution < 1.29 is 4.79 Å². The molecule has 26 heavy (non-hydrogen) atoms. The Morgan fingerprint density at radius 2 is 1.62 bits per heavy atom. The van der Waals surface area contributed by atoms with Crippen LogP contribution in [0.3, 0.4) is 0 Å². The van der Waals surface area contributed by atoms with Gasteiger partial charge in [0.25, 0.3) is 5.91 Å². The number of hydrogen-bond donors (Lipinski definition) is 1. The molecule has 1 aromatic carbocycles. The Balaban J connectivity index is 3.10. The third-order valence-corrected chi connectivity index (χ3v) is 4.11. The molecule has 142 valence electrons. The number of nitrogens with zero attached hydrogens (tertiary/aromatic N) is 2. The highest BCUT2D eigenvalue weighted by Gasteiger charge is 2.16. The van der Waals surface area contributed by atoms with Crippen molar-refractivity contribution in [2.24, 2.45) is 11.8 Å². The maximum absolute atomic E-state index is 12.8. The van der Waals surface area contributed by atoms with Gasteiger partial charge < -0.3 is 10.2 Å². The minimum atomic E-state index is -0.333. The van der Waals surface area contributed by atoms with E-state index < -0.39 is 0 Å². The summed E-state index contributed by atoms with van der Waals surface area (Å²) in [5.41, 5.74) is 3.19. The number of carbonyl (C=O) groups excluding carboxylic acids is 1. The molecule has 1 N–H and O–H groups in total. The highest BCUT2D eigenvalue weighted by atomic mass is 16.1. The Morgan fingerprint density at radius 1 is 1.12 bits per heavy atom. The first kappa shape index (κ1) is 21.8. The summed E-state index contributed by atoms with van der Waals surface area (Å²) in [5, 5.41) is 12.5. The monoisotopic (exact) mass is 355 g/mol. The predicted octanol–water partition coefficient (Wildman–Crippen LogP) is 4.77. The van der Waals surface area contributed by atoms with Crippen LogP contribution in [0.15, 0.2) is 30.0 Å². The number of nitriles is 1. The van der Waals surface area contributed by atoms with Gasteiger partial charge in [0.15, 0.2) is 0 Å². The zero-order valence-electron chi connectivity index (χ0n) is 17.1. The van der Waals surface area contributed by atoms with Gasteiger partial charge in [0.2, 0.25) is 0 Å². The molecule has 0 aromatic heterocycles. The van der Waals surface area contributed by atoms with Crippen LogP contribution in [0.25, 0.3) is 0 Å². The summed E-state index contributed by atoms with van der Waals surface area (Å²) >= 11 is 0. The number of anilines is 1. The van der Waals surface area contributed by atoms with Crippen LogP contribution >= 0.6 is 0 Å². The fraction of sp³-hybridized carbons (Fsp3) is 0.545. The first-order valence-electron chi connectivity index (χ1n) is 9.60. The van der Waals surface area contributed by atoms with Gasteiger partial charge in [-0.15, -0.1) is 0 Å². The fourth-order valence-corrected chi connectivity index (χ4v) is 3.02.